The Morgan fingerprint density at radius 2 is 2.00 bits per heavy atom. The zero-order valence-corrected chi connectivity index (χ0v) is 14.1. The molecule has 2 aromatic rings. The molecule has 122 valence electrons. The highest BCUT2D eigenvalue weighted by atomic mass is 35.5. The minimum Gasteiger partial charge on any atom is -0.378 e. The Bertz CT molecular complexity index is 866. The summed E-state index contributed by atoms with van der Waals surface area (Å²) in [6.45, 7) is 0. The Labute approximate surface area is 149 Å². The summed E-state index contributed by atoms with van der Waals surface area (Å²) in [6.07, 6.45) is 5.17. The number of benzene rings is 2. The average molecular weight is 361 g/mol. The van der Waals surface area contributed by atoms with Gasteiger partial charge in [0.2, 0.25) is 0 Å². The number of hydrogen-bond donors (Lipinski definition) is 1. The van der Waals surface area contributed by atoms with Crippen LogP contribution in [0.4, 0.5) is 11.4 Å². The molecule has 24 heavy (non-hydrogen) atoms. The van der Waals surface area contributed by atoms with Crippen molar-refractivity contribution in [2.45, 2.75) is 18.4 Å². The lowest BCUT2D eigenvalue weighted by molar-refractivity contribution is -0.384. The molecule has 1 N–H and O–H groups in total. The van der Waals surface area contributed by atoms with Gasteiger partial charge in [0.1, 0.15) is 0 Å². The maximum atomic E-state index is 11.1. The van der Waals surface area contributed by atoms with Gasteiger partial charge in [-0.1, -0.05) is 47.5 Å². The summed E-state index contributed by atoms with van der Waals surface area (Å²) in [5.41, 5.74) is 2.97. The molecule has 1 aliphatic heterocycles. The van der Waals surface area contributed by atoms with E-state index in [0.717, 1.165) is 23.2 Å². The van der Waals surface area contributed by atoms with E-state index in [-0.39, 0.29) is 28.5 Å². The number of hydrogen-bond acceptors (Lipinski definition) is 3. The molecule has 3 atom stereocenters. The first kappa shape index (κ1) is 15.5. The molecule has 1 aliphatic carbocycles. The highest BCUT2D eigenvalue weighted by Gasteiger charge is 2.39. The third kappa shape index (κ3) is 2.38. The summed E-state index contributed by atoms with van der Waals surface area (Å²) in [5.74, 6) is 0.400. The predicted octanol–water partition coefficient (Wildman–Crippen LogP) is 5.73. The molecule has 0 bridgehead atoms. The molecule has 0 saturated carbocycles. The molecule has 0 radical (unpaired) electrons. The van der Waals surface area contributed by atoms with Crippen LogP contribution in [0, 0.1) is 16.0 Å². The SMILES string of the molecule is O=[N+]([O-])c1ccc2c(c1)[C@@H]1C=CC[C@H]1[C@@H](c1cccc(Cl)c1Cl)N2. The van der Waals surface area contributed by atoms with Gasteiger partial charge in [0, 0.05) is 23.7 Å². The number of nitro benzene ring substituents is 1. The third-order valence-corrected chi connectivity index (χ3v) is 5.71. The molecule has 2 aromatic carbocycles. The first-order chi connectivity index (χ1) is 11.6. The Balaban J connectivity index is 1.81. The number of nitro groups is 1. The molecule has 1 heterocycles. The van der Waals surface area contributed by atoms with E-state index < -0.39 is 0 Å². The quantitative estimate of drug-likeness (QED) is 0.422. The summed E-state index contributed by atoms with van der Waals surface area (Å²) < 4.78 is 0. The molecule has 0 saturated heterocycles. The van der Waals surface area contributed by atoms with Crippen molar-refractivity contribution in [3.8, 4) is 0 Å². The van der Waals surface area contributed by atoms with E-state index in [9.17, 15) is 10.1 Å². The fourth-order valence-electron chi connectivity index (χ4n) is 3.76. The fraction of sp³-hybridized carbons (Fsp3) is 0.222. The van der Waals surface area contributed by atoms with E-state index >= 15 is 0 Å². The Hall–Kier alpha value is -2.04. The topological polar surface area (TPSA) is 55.2 Å². The van der Waals surface area contributed by atoms with Crippen LogP contribution in [0.25, 0.3) is 0 Å². The van der Waals surface area contributed by atoms with Gasteiger partial charge in [0.05, 0.1) is 21.0 Å². The summed E-state index contributed by atoms with van der Waals surface area (Å²) >= 11 is 12.6. The third-order valence-electron chi connectivity index (χ3n) is 4.87. The molecule has 0 fully saturated rings. The van der Waals surface area contributed by atoms with E-state index in [1.165, 1.54) is 6.07 Å². The standard InChI is InChI=1S/C18H14Cl2N2O2/c19-15-6-2-5-13(17(15)20)18-12-4-1-3-11(12)14-9-10(22(23)24)7-8-16(14)21-18/h1-3,5-9,11-12,18,21H,4H2/t11-,12-,18+/m1/s1. The van der Waals surface area contributed by atoms with Crippen LogP contribution in [0.3, 0.4) is 0 Å². The van der Waals surface area contributed by atoms with E-state index in [2.05, 4.69) is 17.5 Å². The second-order valence-corrected chi connectivity index (χ2v) is 6.93. The van der Waals surface area contributed by atoms with Gasteiger partial charge in [-0.15, -0.1) is 0 Å². The molecule has 2 aliphatic rings. The van der Waals surface area contributed by atoms with Gasteiger partial charge < -0.3 is 5.32 Å². The van der Waals surface area contributed by atoms with Crippen LogP contribution in [0.5, 0.6) is 0 Å². The lowest BCUT2D eigenvalue weighted by Crippen LogP contribution is -2.29. The second-order valence-electron chi connectivity index (χ2n) is 6.15. The van der Waals surface area contributed by atoms with Crippen molar-refractivity contribution < 1.29 is 4.92 Å². The van der Waals surface area contributed by atoms with Crippen molar-refractivity contribution in [2.75, 3.05) is 5.32 Å². The van der Waals surface area contributed by atoms with Crippen LogP contribution < -0.4 is 5.32 Å². The van der Waals surface area contributed by atoms with Gasteiger partial charge in [-0.05, 0) is 35.6 Å². The minimum atomic E-state index is -0.353. The van der Waals surface area contributed by atoms with Crippen LogP contribution in [0.15, 0.2) is 48.6 Å². The summed E-state index contributed by atoms with van der Waals surface area (Å²) in [6, 6.07) is 10.7. The molecular formula is C18H14Cl2N2O2. The Morgan fingerprint density at radius 1 is 1.17 bits per heavy atom. The Morgan fingerprint density at radius 3 is 2.79 bits per heavy atom. The largest absolute Gasteiger partial charge is 0.378 e. The van der Waals surface area contributed by atoms with E-state index in [1.807, 2.05) is 12.1 Å². The average Bonchev–Trinajstić information content (AvgIpc) is 3.06. The summed E-state index contributed by atoms with van der Waals surface area (Å²) in [7, 11) is 0. The molecule has 0 unspecified atom stereocenters. The van der Waals surface area contributed by atoms with Crippen molar-refractivity contribution >= 4 is 34.6 Å². The highest BCUT2D eigenvalue weighted by molar-refractivity contribution is 6.42. The van der Waals surface area contributed by atoms with Gasteiger partial charge >= 0.3 is 0 Å². The van der Waals surface area contributed by atoms with Crippen LogP contribution in [-0.2, 0) is 0 Å². The highest BCUT2D eigenvalue weighted by Crippen LogP contribution is 2.51. The van der Waals surface area contributed by atoms with Crippen molar-refractivity contribution in [2.24, 2.45) is 5.92 Å². The lowest BCUT2D eigenvalue weighted by Gasteiger charge is -2.37. The lowest BCUT2D eigenvalue weighted by atomic mass is 9.77. The van der Waals surface area contributed by atoms with Gasteiger partial charge in [-0.3, -0.25) is 10.1 Å². The first-order valence-electron chi connectivity index (χ1n) is 7.71. The van der Waals surface area contributed by atoms with Crippen LogP contribution in [0.1, 0.15) is 29.5 Å². The van der Waals surface area contributed by atoms with E-state index in [4.69, 9.17) is 23.2 Å². The molecule has 0 spiro atoms. The monoisotopic (exact) mass is 360 g/mol. The maximum absolute atomic E-state index is 11.1. The zero-order chi connectivity index (χ0) is 16.8. The van der Waals surface area contributed by atoms with Crippen molar-refractivity contribution in [1.82, 2.24) is 0 Å². The van der Waals surface area contributed by atoms with Crippen molar-refractivity contribution in [1.29, 1.82) is 0 Å². The fourth-order valence-corrected chi connectivity index (χ4v) is 4.19. The van der Waals surface area contributed by atoms with Gasteiger partial charge in [0.15, 0.2) is 0 Å². The van der Waals surface area contributed by atoms with Crippen LogP contribution in [-0.4, -0.2) is 4.92 Å². The number of halogens is 2. The second kappa shape index (κ2) is 5.80. The number of nitrogens with one attached hydrogen (secondary N) is 1. The van der Waals surface area contributed by atoms with Gasteiger partial charge in [-0.25, -0.2) is 0 Å². The summed E-state index contributed by atoms with van der Waals surface area (Å²) in [4.78, 5) is 10.7. The van der Waals surface area contributed by atoms with Crippen molar-refractivity contribution in [3.05, 3.63) is 79.8 Å². The molecule has 0 aromatic heterocycles. The molecule has 4 rings (SSSR count). The van der Waals surface area contributed by atoms with E-state index in [1.54, 1.807) is 18.2 Å². The van der Waals surface area contributed by atoms with Crippen LogP contribution in [0.2, 0.25) is 10.0 Å². The summed E-state index contributed by atoms with van der Waals surface area (Å²) in [5, 5.41) is 15.7. The number of anilines is 1. The smallest absolute Gasteiger partial charge is 0.269 e. The van der Waals surface area contributed by atoms with Crippen LogP contribution >= 0.6 is 23.2 Å². The number of rotatable bonds is 2. The number of fused-ring (bicyclic) bond motifs is 3. The van der Waals surface area contributed by atoms with Gasteiger partial charge in [0.25, 0.3) is 5.69 Å². The zero-order valence-electron chi connectivity index (χ0n) is 12.6. The van der Waals surface area contributed by atoms with E-state index in [0.29, 0.717) is 10.0 Å². The molecule has 4 nitrogen and oxygen atoms in total. The maximum Gasteiger partial charge on any atom is 0.269 e. The Kier molecular flexibility index (Phi) is 3.74. The predicted molar refractivity (Wildman–Crippen MR) is 95.9 cm³/mol. The normalized spacial score (nSPS) is 24.2. The van der Waals surface area contributed by atoms with Crippen molar-refractivity contribution in [3.63, 3.8) is 0 Å². The minimum absolute atomic E-state index is 0.0187. The van der Waals surface area contributed by atoms with Gasteiger partial charge in [-0.2, -0.15) is 0 Å². The number of nitrogens with zero attached hydrogens (tertiary/aromatic N) is 1. The first-order valence-corrected chi connectivity index (χ1v) is 8.47. The molecular weight excluding hydrogens is 347 g/mol. The number of allylic oxidation sites excluding steroid dienone is 2. The molecule has 0 amide bonds. The number of non-ortho nitro benzene ring substituents is 1. The molecule has 6 heteroatoms.